The Kier molecular flexibility index (Phi) is 5.52. The van der Waals surface area contributed by atoms with Crippen LogP contribution in [-0.4, -0.2) is 25.2 Å². The summed E-state index contributed by atoms with van der Waals surface area (Å²) in [4.78, 5) is 23.9. The zero-order valence-corrected chi connectivity index (χ0v) is 13.6. The fourth-order valence-electron chi connectivity index (χ4n) is 3.83. The predicted octanol–water partition coefficient (Wildman–Crippen LogP) is 3.42. The van der Waals surface area contributed by atoms with Gasteiger partial charge in [0.25, 0.3) is 0 Å². The maximum Gasteiger partial charge on any atom is 0.309 e. The molecule has 3 aliphatic rings. The van der Waals surface area contributed by atoms with Crippen LogP contribution in [0.1, 0.15) is 44.9 Å². The van der Waals surface area contributed by atoms with E-state index in [1.165, 1.54) is 0 Å². The van der Waals surface area contributed by atoms with Gasteiger partial charge in [0.1, 0.15) is 0 Å². The molecule has 3 rings (SSSR count). The minimum Gasteiger partial charge on any atom is -0.465 e. The van der Waals surface area contributed by atoms with Gasteiger partial charge < -0.3 is 9.47 Å². The molecule has 0 unspecified atom stereocenters. The van der Waals surface area contributed by atoms with E-state index < -0.39 is 0 Å². The molecule has 23 heavy (non-hydrogen) atoms. The van der Waals surface area contributed by atoms with Gasteiger partial charge in [0, 0.05) is 0 Å². The van der Waals surface area contributed by atoms with Crippen molar-refractivity contribution in [3.63, 3.8) is 0 Å². The summed E-state index contributed by atoms with van der Waals surface area (Å²) < 4.78 is 10.7. The van der Waals surface area contributed by atoms with Gasteiger partial charge in [-0.3, -0.25) is 9.59 Å². The summed E-state index contributed by atoms with van der Waals surface area (Å²) in [6, 6.07) is 0. The van der Waals surface area contributed by atoms with E-state index in [9.17, 15) is 9.59 Å². The zero-order chi connectivity index (χ0) is 16.1. The Morgan fingerprint density at radius 3 is 2.35 bits per heavy atom. The molecule has 0 aromatic heterocycles. The minimum atomic E-state index is -0.0832. The second-order valence-corrected chi connectivity index (χ2v) is 6.91. The van der Waals surface area contributed by atoms with Crippen LogP contribution in [0.25, 0.3) is 0 Å². The molecular formula is C19H26O4. The smallest absolute Gasteiger partial charge is 0.309 e. The molecule has 126 valence electrons. The van der Waals surface area contributed by atoms with Crippen molar-refractivity contribution < 1.29 is 19.1 Å². The number of allylic oxidation sites excluding steroid dienone is 4. The standard InChI is InChI=1S/C19H26O4/c20-18(15-6-2-1-3-7-15)22-10-4-5-11-23-19(21)17-13-14-8-9-16(17)12-14/h1-2,8-9,14-17H,3-7,10-13H2/t14-,15-,16-,17+/m0/s1. The largest absolute Gasteiger partial charge is 0.465 e. The lowest BCUT2D eigenvalue weighted by Crippen LogP contribution is -2.22. The summed E-state index contributed by atoms with van der Waals surface area (Å²) in [6.07, 6.45) is 14.8. The van der Waals surface area contributed by atoms with Crippen molar-refractivity contribution in [2.45, 2.75) is 44.9 Å². The van der Waals surface area contributed by atoms with Gasteiger partial charge in [-0.05, 0) is 56.8 Å². The van der Waals surface area contributed by atoms with Crippen molar-refractivity contribution in [3.8, 4) is 0 Å². The molecule has 1 saturated carbocycles. The van der Waals surface area contributed by atoms with Crippen molar-refractivity contribution in [2.24, 2.45) is 23.7 Å². The van der Waals surface area contributed by atoms with E-state index in [4.69, 9.17) is 9.47 Å². The monoisotopic (exact) mass is 318 g/mol. The van der Waals surface area contributed by atoms with Crippen molar-refractivity contribution in [1.82, 2.24) is 0 Å². The minimum absolute atomic E-state index is 0.0312. The maximum absolute atomic E-state index is 12.0. The third-order valence-electron chi connectivity index (χ3n) is 5.21. The van der Waals surface area contributed by atoms with Crippen molar-refractivity contribution in [3.05, 3.63) is 24.3 Å². The molecule has 0 saturated heterocycles. The number of hydrogen-bond donors (Lipinski definition) is 0. The summed E-state index contributed by atoms with van der Waals surface area (Å²) >= 11 is 0. The summed E-state index contributed by atoms with van der Waals surface area (Å²) in [5.74, 6) is 0.961. The predicted molar refractivity (Wildman–Crippen MR) is 86.5 cm³/mol. The van der Waals surface area contributed by atoms with Crippen LogP contribution in [0.4, 0.5) is 0 Å². The summed E-state index contributed by atoms with van der Waals surface area (Å²) in [5.41, 5.74) is 0. The van der Waals surface area contributed by atoms with E-state index in [1.807, 2.05) is 0 Å². The first-order chi connectivity index (χ1) is 11.2. The number of rotatable bonds is 7. The van der Waals surface area contributed by atoms with Crippen LogP contribution in [0.5, 0.6) is 0 Å². The third-order valence-corrected chi connectivity index (χ3v) is 5.21. The number of unbranched alkanes of at least 4 members (excludes halogenated alkanes) is 1. The van der Waals surface area contributed by atoms with E-state index >= 15 is 0 Å². The topological polar surface area (TPSA) is 52.6 Å². The van der Waals surface area contributed by atoms with Crippen LogP contribution in [0.3, 0.4) is 0 Å². The van der Waals surface area contributed by atoms with Crippen molar-refractivity contribution in [1.29, 1.82) is 0 Å². The van der Waals surface area contributed by atoms with Gasteiger partial charge in [0.05, 0.1) is 25.0 Å². The highest BCUT2D eigenvalue weighted by Gasteiger charge is 2.40. The molecule has 1 fully saturated rings. The van der Waals surface area contributed by atoms with Crippen LogP contribution in [0, 0.1) is 23.7 Å². The van der Waals surface area contributed by atoms with Gasteiger partial charge in [0.2, 0.25) is 0 Å². The summed E-state index contributed by atoms with van der Waals surface area (Å²) in [6.45, 7) is 0.855. The maximum atomic E-state index is 12.0. The quantitative estimate of drug-likeness (QED) is 0.410. The summed E-state index contributed by atoms with van der Waals surface area (Å²) in [7, 11) is 0. The SMILES string of the molecule is O=C(OCCCCOC(=O)[C@@H]1C[C@H]2C=C[C@H]1C2)[C@H]1CC=CCC1. The fraction of sp³-hybridized carbons (Fsp3) is 0.684. The zero-order valence-electron chi connectivity index (χ0n) is 13.6. The van der Waals surface area contributed by atoms with Crippen molar-refractivity contribution >= 4 is 11.9 Å². The van der Waals surface area contributed by atoms with Crippen LogP contribution in [0.2, 0.25) is 0 Å². The molecule has 0 N–H and O–H groups in total. The first kappa shape index (κ1) is 16.3. The Bertz CT molecular complexity index is 494. The molecular weight excluding hydrogens is 292 g/mol. The molecule has 0 radical (unpaired) electrons. The molecule has 3 aliphatic carbocycles. The molecule has 0 heterocycles. The average molecular weight is 318 g/mol. The van der Waals surface area contributed by atoms with Crippen LogP contribution in [0.15, 0.2) is 24.3 Å². The van der Waals surface area contributed by atoms with Gasteiger partial charge >= 0.3 is 11.9 Å². The van der Waals surface area contributed by atoms with E-state index in [0.29, 0.717) is 25.0 Å². The van der Waals surface area contributed by atoms with E-state index in [2.05, 4.69) is 24.3 Å². The lowest BCUT2D eigenvalue weighted by Gasteiger charge is -2.17. The number of carbonyl (C=O) groups is 2. The Labute approximate surface area is 137 Å². The molecule has 4 heteroatoms. The molecule has 0 aliphatic heterocycles. The summed E-state index contributed by atoms with van der Waals surface area (Å²) in [5, 5.41) is 0. The fourth-order valence-corrected chi connectivity index (χ4v) is 3.83. The molecule has 4 atom stereocenters. The lowest BCUT2D eigenvalue weighted by atomic mass is 9.94. The Hall–Kier alpha value is -1.58. The number of hydrogen-bond acceptors (Lipinski definition) is 4. The number of esters is 2. The molecule has 0 aromatic carbocycles. The molecule has 0 spiro atoms. The van der Waals surface area contributed by atoms with E-state index in [-0.39, 0.29) is 23.8 Å². The van der Waals surface area contributed by atoms with Gasteiger partial charge in [-0.15, -0.1) is 0 Å². The molecule has 2 bridgehead atoms. The van der Waals surface area contributed by atoms with Gasteiger partial charge in [-0.25, -0.2) is 0 Å². The second-order valence-electron chi connectivity index (χ2n) is 6.91. The third kappa shape index (κ3) is 4.24. The number of ether oxygens (including phenoxy) is 2. The van der Waals surface area contributed by atoms with Crippen LogP contribution >= 0.6 is 0 Å². The molecule has 4 nitrogen and oxygen atoms in total. The number of carbonyl (C=O) groups excluding carboxylic acids is 2. The second kappa shape index (κ2) is 7.80. The van der Waals surface area contributed by atoms with Crippen molar-refractivity contribution in [2.75, 3.05) is 13.2 Å². The highest BCUT2D eigenvalue weighted by molar-refractivity contribution is 5.74. The Balaban J connectivity index is 1.23. The highest BCUT2D eigenvalue weighted by Crippen LogP contribution is 2.43. The van der Waals surface area contributed by atoms with E-state index in [0.717, 1.165) is 44.9 Å². The average Bonchev–Trinajstić information content (AvgIpc) is 3.21. The molecule has 0 amide bonds. The Morgan fingerprint density at radius 1 is 0.957 bits per heavy atom. The molecule has 0 aromatic rings. The normalized spacial score (nSPS) is 31.3. The van der Waals surface area contributed by atoms with Gasteiger partial charge in [0.15, 0.2) is 0 Å². The van der Waals surface area contributed by atoms with Gasteiger partial charge in [-0.2, -0.15) is 0 Å². The first-order valence-electron chi connectivity index (χ1n) is 8.90. The van der Waals surface area contributed by atoms with Crippen LogP contribution in [-0.2, 0) is 19.1 Å². The lowest BCUT2D eigenvalue weighted by molar-refractivity contribution is -0.151. The first-order valence-corrected chi connectivity index (χ1v) is 8.90. The van der Waals surface area contributed by atoms with E-state index in [1.54, 1.807) is 0 Å². The van der Waals surface area contributed by atoms with Crippen LogP contribution < -0.4 is 0 Å². The Morgan fingerprint density at radius 2 is 1.74 bits per heavy atom. The number of fused-ring (bicyclic) bond motifs is 2. The highest BCUT2D eigenvalue weighted by atomic mass is 16.5. The van der Waals surface area contributed by atoms with Gasteiger partial charge in [-0.1, -0.05) is 24.3 Å².